The summed E-state index contributed by atoms with van der Waals surface area (Å²) in [6.07, 6.45) is -3.05. The number of aliphatic hydroxyl groups is 1. The van der Waals surface area contributed by atoms with E-state index in [1.54, 1.807) is 39.8 Å². The summed E-state index contributed by atoms with van der Waals surface area (Å²) in [6, 6.07) is -1.56. The van der Waals surface area contributed by atoms with Crippen molar-refractivity contribution in [2.45, 2.75) is 154 Å². The van der Waals surface area contributed by atoms with Crippen LogP contribution in [0.1, 0.15) is 91.7 Å². The van der Waals surface area contributed by atoms with Crippen LogP contribution in [0, 0.1) is 17.8 Å². The Bertz CT molecular complexity index is 2440. The third kappa shape index (κ3) is 19.7. The molecule has 424 valence electrons. The van der Waals surface area contributed by atoms with Gasteiger partial charge in [0.2, 0.25) is 59.1 Å². The summed E-state index contributed by atoms with van der Waals surface area (Å²) in [7, 11) is 0. The highest BCUT2D eigenvalue weighted by Crippen LogP contribution is 2.21. The first-order valence-corrected chi connectivity index (χ1v) is 25.2. The number of rotatable bonds is 29. The van der Waals surface area contributed by atoms with Crippen LogP contribution >= 0.6 is 0 Å². The van der Waals surface area contributed by atoms with E-state index in [0.29, 0.717) is 17.5 Å². The van der Waals surface area contributed by atoms with Crippen molar-refractivity contribution >= 4 is 65.0 Å². The largest absolute Gasteiger partial charge is 0.508 e. The maximum absolute atomic E-state index is 14.3. The first-order chi connectivity index (χ1) is 36.0. The molecule has 17 N–H and O–H groups in total. The Morgan fingerprint density at radius 3 is 1.47 bits per heavy atom. The second kappa shape index (κ2) is 29.4. The van der Waals surface area contributed by atoms with E-state index in [1.165, 1.54) is 57.2 Å². The third-order valence-electron chi connectivity index (χ3n) is 12.7. The molecule has 77 heavy (non-hydrogen) atoms. The number of aliphatic hydroxyl groups excluding tert-OH is 1. The van der Waals surface area contributed by atoms with Gasteiger partial charge in [-0.2, -0.15) is 0 Å². The number of nitrogens with zero attached hydrogens (tertiary/aromatic N) is 1. The normalized spacial score (nSPS) is 16.8. The van der Waals surface area contributed by atoms with Gasteiger partial charge >= 0.3 is 5.97 Å². The van der Waals surface area contributed by atoms with Gasteiger partial charge < -0.3 is 79.7 Å². The topological polar surface area (TPSA) is 434 Å². The molecule has 10 atom stereocenters. The lowest BCUT2D eigenvalue weighted by Crippen LogP contribution is -2.62. The van der Waals surface area contributed by atoms with E-state index in [2.05, 4.69) is 37.2 Å². The van der Waals surface area contributed by atoms with Gasteiger partial charge in [-0.3, -0.25) is 47.9 Å². The lowest BCUT2D eigenvalue weighted by molar-refractivity contribution is -0.146. The van der Waals surface area contributed by atoms with Crippen LogP contribution in [-0.2, 0) is 65.6 Å². The van der Waals surface area contributed by atoms with Gasteiger partial charge in [0.15, 0.2) is 0 Å². The molecule has 0 aromatic heterocycles. The molecule has 26 nitrogen and oxygen atoms in total. The fraction of sp³-hybridized carbons (Fsp3) is 0.549. The smallest absolute Gasteiger partial charge is 0.326 e. The highest BCUT2D eigenvalue weighted by atomic mass is 16.4. The number of phenolic OH excluding ortho intramolecular Hbond substituents is 2. The lowest BCUT2D eigenvalue weighted by Gasteiger charge is -2.32. The van der Waals surface area contributed by atoms with E-state index < -0.39 is 163 Å². The van der Waals surface area contributed by atoms with Crippen LogP contribution in [0.15, 0.2) is 48.5 Å². The van der Waals surface area contributed by atoms with Gasteiger partial charge in [-0.25, -0.2) is 4.79 Å². The fourth-order valence-corrected chi connectivity index (χ4v) is 8.29. The number of aliphatic carboxylic acids is 1. The Labute approximate surface area is 445 Å². The Balaban J connectivity index is 1.87. The quantitative estimate of drug-likeness (QED) is 0.0390. The molecular formula is C51H75N11O15. The molecule has 1 aliphatic heterocycles. The van der Waals surface area contributed by atoms with Crippen molar-refractivity contribution in [1.29, 1.82) is 0 Å². The molecular weight excluding hydrogens is 1010 g/mol. The number of aromatic hydroxyl groups is 2. The Kier molecular flexibility index (Phi) is 24.2. The van der Waals surface area contributed by atoms with Crippen molar-refractivity contribution in [3.63, 3.8) is 0 Å². The van der Waals surface area contributed by atoms with Crippen LogP contribution in [0.4, 0.5) is 0 Å². The molecule has 1 heterocycles. The number of amides is 10. The van der Waals surface area contributed by atoms with E-state index in [9.17, 15) is 73.2 Å². The van der Waals surface area contributed by atoms with Gasteiger partial charge in [-0.15, -0.1) is 0 Å². The molecule has 10 amide bonds. The van der Waals surface area contributed by atoms with Crippen molar-refractivity contribution in [2.75, 3.05) is 6.54 Å². The van der Waals surface area contributed by atoms with Crippen LogP contribution < -0.4 is 54.4 Å². The van der Waals surface area contributed by atoms with Crippen LogP contribution in [0.3, 0.4) is 0 Å². The molecule has 0 bridgehead atoms. The Hall–Kier alpha value is -7.87. The average molecular weight is 1080 g/mol. The van der Waals surface area contributed by atoms with Gasteiger partial charge in [-0.1, -0.05) is 65.8 Å². The van der Waals surface area contributed by atoms with Crippen LogP contribution in [0.2, 0.25) is 0 Å². The number of carbonyl (C=O) groups is 11. The first-order valence-electron chi connectivity index (χ1n) is 25.2. The molecule has 3 rings (SSSR count). The monoisotopic (exact) mass is 1080 g/mol. The minimum atomic E-state index is -1.81. The Morgan fingerprint density at radius 1 is 0.558 bits per heavy atom. The van der Waals surface area contributed by atoms with Gasteiger partial charge in [0, 0.05) is 19.4 Å². The fourth-order valence-electron chi connectivity index (χ4n) is 8.29. The minimum Gasteiger partial charge on any atom is -0.508 e. The van der Waals surface area contributed by atoms with E-state index in [4.69, 9.17) is 17.2 Å². The molecule has 2 aromatic rings. The van der Waals surface area contributed by atoms with E-state index >= 15 is 0 Å². The highest BCUT2D eigenvalue weighted by molar-refractivity contribution is 5.99. The predicted octanol–water partition coefficient (Wildman–Crippen LogP) is -2.83. The molecule has 0 radical (unpaired) electrons. The van der Waals surface area contributed by atoms with E-state index in [1.807, 2.05) is 0 Å². The third-order valence-corrected chi connectivity index (χ3v) is 12.7. The predicted molar refractivity (Wildman–Crippen MR) is 276 cm³/mol. The zero-order valence-electron chi connectivity index (χ0n) is 44.2. The summed E-state index contributed by atoms with van der Waals surface area (Å²) in [5.41, 5.74) is 18.0. The number of carboxylic acids is 1. The highest BCUT2D eigenvalue weighted by Gasteiger charge is 2.42. The summed E-state index contributed by atoms with van der Waals surface area (Å²) >= 11 is 0. The van der Waals surface area contributed by atoms with Crippen molar-refractivity contribution in [3.05, 3.63) is 59.7 Å². The van der Waals surface area contributed by atoms with Crippen molar-refractivity contribution in [1.82, 2.24) is 42.1 Å². The summed E-state index contributed by atoms with van der Waals surface area (Å²) in [5, 5.41) is 57.4. The molecule has 1 aliphatic rings. The van der Waals surface area contributed by atoms with Crippen LogP contribution in [0.5, 0.6) is 11.5 Å². The second-order valence-corrected chi connectivity index (χ2v) is 20.2. The molecule has 0 unspecified atom stereocenters. The summed E-state index contributed by atoms with van der Waals surface area (Å²) in [6.45, 7) is 10.7. The summed E-state index contributed by atoms with van der Waals surface area (Å²) in [5.74, 6) is -12.7. The number of benzene rings is 2. The number of carboxylic acid groups (broad SMARTS) is 1. The molecule has 0 saturated carbocycles. The van der Waals surface area contributed by atoms with Crippen molar-refractivity contribution in [3.8, 4) is 11.5 Å². The molecule has 1 fully saturated rings. The van der Waals surface area contributed by atoms with E-state index in [-0.39, 0.29) is 37.3 Å². The van der Waals surface area contributed by atoms with Crippen LogP contribution in [0.25, 0.3) is 0 Å². The van der Waals surface area contributed by atoms with Gasteiger partial charge in [0.05, 0.1) is 18.6 Å². The summed E-state index contributed by atoms with van der Waals surface area (Å²) in [4.78, 5) is 148. The average Bonchev–Trinajstić information content (AvgIpc) is 3.84. The molecule has 0 spiro atoms. The number of carbonyl (C=O) groups excluding carboxylic acids is 10. The second-order valence-electron chi connectivity index (χ2n) is 20.2. The SMILES string of the molecule is CC(C)[C@H](NC(=O)[C@@H]1CCCN1C(=O)[C@@H](NC(=O)[C@H](Cc1ccc(O)cc1)NC(=O)[C@@H](NC(=O)[C@H](CC(N)=O)NC(=O)[C@H](CCC(N)=O)NC(=O)[C@@H](NC(=O)[C@@H](N)Cc1ccc(O)cc1)C(C)C)C(C)C)[C@@H](C)O)C(=O)O. The van der Waals surface area contributed by atoms with Crippen molar-refractivity contribution in [2.24, 2.45) is 35.0 Å². The number of nitrogens with one attached hydrogen (secondary N) is 7. The number of hydrogen-bond acceptors (Lipinski definition) is 15. The maximum atomic E-state index is 14.3. The summed E-state index contributed by atoms with van der Waals surface area (Å²) < 4.78 is 0. The molecule has 2 aromatic carbocycles. The first kappa shape index (κ1) is 63.4. The zero-order valence-corrected chi connectivity index (χ0v) is 44.2. The standard InChI is InChI=1S/C51H75N11O15/c1-24(2)39(58-43(68)32(52)21-28-10-14-30(64)15-11-28)48(73)55-33(18-19-37(53)66)44(69)56-35(23-38(54)67)46(71)59-40(25(3)4)49(74)57-34(22-29-12-16-31(65)17-13-29)45(70)61-42(27(7)63)50(75)62-20-8-9-36(62)47(72)60-41(26(5)6)51(76)77/h10-17,24-27,32-36,39-42,63-65H,8-9,18-23,52H2,1-7H3,(H2,53,66)(H2,54,67)(H,55,73)(H,56,69)(H,57,74)(H,58,68)(H,59,71)(H,60,72)(H,61,70)(H,76,77)/t27-,32+,33+,34+,35+,36+,39+,40+,41+,42+/m1/s1. The lowest BCUT2D eigenvalue weighted by atomic mass is 9.99. The molecule has 0 aliphatic carbocycles. The maximum Gasteiger partial charge on any atom is 0.326 e. The molecule has 26 heteroatoms. The van der Waals surface area contributed by atoms with Gasteiger partial charge in [-0.05, 0) is 85.8 Å². The van der Waals surface area contributed by atoms with Crippen LogP contribution in [-0.4, -0.2) is 157 Å². The van der Waals surface area contributed by atoms with Crippen molar-refractivity contribution < 1.29 is 73.2 Å². The van der Waals surface area contributed by atoms with Gasteiger partial charge in [0.1, 0.15) is 59.8 Å². The number of hydrogen-bond donors (Lipinski definition) is 14. The zero-order chi connectivity index (χ0) is 58.0. The van der Waals surface area contributed by atoms with Gasteiger partial charge in [0.25, 0.3) is 0 Å². The Morgan fingerprint density at radius 2 is 1.00 bits per heavy atom. The number of nitrogens with two attached hydrogens (primary N) is 3. The molecule has 1 saturated heterocycles. The number of likely N-dealkylation sites (tertiary alicyclic amines) is 1. The minimum absolute atomic E-state index is 0.00177. The van der Waals surface area contributed by atoms with E-state index in [0.717, 1.165) is 4.90 Å². The number of primary amides is 2. The number of phenols is 2.